The van der Waals surface area contributed by atoms with Gasteiger partial charge in [-0.1, -0.05) is 39.2 Å². The lowest BCUT2D eigenvalue weighted by atomic mass is 9.93. The highest BCUT2D eigenvalue weighted by Gasteiger charge is 2.39. The molecule has 3 atom stereocenters. The lowest BCUT2D eigenvalue weighted by Gasteiger charge is -2.39. The molecule has 2 fully saturated rings. The van der Waals surface area contributed by atoms with Crippen molar-refractivity contribution in [3.05, 3.63) is 11.6 Å². The van der Waals surface area contributed by atoms with E-state index in [2.05, 4.69) is 24.1 Å². The number of amides is 2. The second-order valence-corrected chi connectivity index (χ2v) is 10.2. The lowest BCUT2D eigenvalue weighted by molar-refractivity contribution is -0.140. The molecule has 0 aromatic carbocycles. The molecule has 2 aliphatic rings. The largest absolute Gasteiger partial charge is 0.478 e. The van der Waals surface area contributed by atoms with Crippen LogP contribution in [0.1, 0.15) is 79.6 Å². The number of hydrogen-bond acceptors (Lipinski definition) is 4. The maximum absolute atomic E-state index is 13.7. The van der Waals surface area contributed by atoms with Crippen molar-refractivity contribution in [1.29, 1.82) is 0 Å². The summed E-state index contributed by atoms with van der Waals surface area (Å²) in [6.07, 6.45) is 8.60. The highest BCUT2D eigenvalue weighted by molar-refractivity contribution is 5.90. The number of likely N-dealkylation sites (tertiary alicyclic amines) is 1. The van der Waals surface area contributed by atoms with Crippen LogP contribution in [0, 0.1) is 11.8 Å². The summed E-state index contributed by atoms with van der Waals surface area (Å²) < 4.78 is 0. The molecule has 1 saturated carbocycles. The fourth-order valence-electron chi connectivity index (χ4n) is 5.22. The molecule has 2 N–H and O–H groups in total. The number of carbonyl (C=O) groups is 3. The Balaban J connectivity index is 2.25. The van der Waals surface area contributed by atoms with Crippen molar-refractivity contribution in [2.75, 3.05) is 13.6 Å². The summed E-state index contributed by atoms with van der Waals surface area (Å²) >= 11 is 0. The molecule has 2 rings (SSSR count). The lowest BCUT2D eigenvalue weighted by Crippen LogP contribution is -2.59. The Kier molecular flexibility index (Phi) is 9.74. The standard InChI is InChI=1S/C25H43N3O4/c1-16(2)21(15-18(5)25(31)32)27(6)24(30)22(19-11-7-8-12-19)26-23(29)20-13-9-10-14-28(20)17(3)4/h15-17,19-22H,7-14H2,1-6H3,(H,26,29)(H,31,32)/t20?,21-,22+/m1/s1. The van der Waals surface area contributed by atoms with E-state index in [4.69, 9.17) is 0 Å². The molecule has 1 heterocycles. The fourth-order valence-corrected chi connectivity index (χ4v) is 5.22. The highest BCUT2D eigenvalue weighted by Crippen LogP contribution is 2.30. The first kappa shape index (κ1) is 26.4. The van der Waals surface area contributed by atoms with Gasteiger partial charge in [-0.05, 0) is 64.8 Å². The van der Waals surface area contributed by atoms with Crippen molar-refractivity contribution >= 4 is 17.8 Å². The topological polar surface area (TPSA) is 90.0 Å². The second-order valence-electron chi connectivity index (χ2n) is 10.2. The van der Waals surface area contributed by atoms with Gasteiger partial charge in [0.25, 0.3) is 0 Å². The molecule has 32 heavy (non-hydrogen) atoms. The summed E-state index contributed by atoms with van der Waals surface area (Å²) in [5.74, 6) is -0.973. The number of carboxylic acids is 1. The van der Waals surface area contributed by atoms with Gasteiger partial charge in [0, 0.05) is 18.7 Å². The van der Waals surface area contributed by atoms with E-state index in [-0.39, 0.29) is 47.3 Å². The van der Waals surface area contributed by atoms with Gasteiger partial charge in [-0.15, -0.1) is 0 Å². The zero-order valence-corrected chi connectivity index (χ0v) is 20.8. The molecular formula is C25H43N3O4. The van der Waals surface area contributed by atoms with Crippen LogP contribution in [0.3, 0.4) is 0 Å². The zero-order chi connectivity index (χ0) is 24.0. The van der Waals surface area contributed by atoms with Crippen LogP contribution in [0.15, 0.2) is 11.6 Å². The van der Waals surface area contributed by atoms with Crippen LogP contribution in [0.25, 0.3) is 0 Å². The van der Waals surface area contributed by atoms with Crippen LogP contribution in [-0.2, 0) is 14.4 Å². The molecule has 0 spiro atoms. The molecule has 1 unspecified atom stereocenters. The van der Waals surface area contributed by atoms with Crippen molar-refractivity contribution in [3.8, 4) is 0 Å². The van der Waals surface area contributed by atoms with Gasteiger partial charge in [0.1, 0.15) is 6.04 Å². The zero-order valence-electron chi connectivity index (χ0n) is 20.8. The van der Waals surface area contributed by atoms with Crippen molar-refractivity contribution < 1.29 is 19.5 Å². The van der Waals surface area contributed by atoms with Crippen molar-refractivity contribution in [2.24, 2.45) is 11.8 Å². The van der Waals surface area contributed by atoms with Crippen molar-refractivity contribution in [3.63, 3.8) is 0 Å². The van der Waals surface area contributed by atoms with Crippen LogP contribution in [0.2, 0.25) is 0 Å². The minimum Gasteiger partial charge on any atom is -0.478 e. The third kappa shape index (κ3) is 6.56. The summed E-state index contributed by atoms with van der Waals surface area (Å²) in [5, 5.41) is 12.5. The summed E-state index contributed by atoms with van der Waals surface area (Å²) in [4.78, 5) is 42.3. The quantitative estimate of drug-likeness (QED) is 0.526. The molecule has 0 aromatic rings. The molecule has 1 saturated heterocycles. The summed E-state index contributed by atoms with van der Waals surface area (Å²) in [5.41, 5.74) is 0.222. The predicted molar refractivity (Wildman–Crippen MR) is 126 cm³/mol. The third-order valence-corrected chi connectivity index (χ3v) is 7.18. The molecule has 2 amide bonds. The predicted octanol–water partition coefficient (Wildman–Crippen LogP) is 3.44. The molecular weight excluding hydrogens is 406 g/mol. The van der Waals surface area contributed by atoms with Gasteiger partial charge < -0.3 is 15.3 Å². The Hall–Kier alpha value is -1.89. The number of hydrogen-bond donors (Lipinski definition) is 2. The van der Waals surface area contributed by atoms with Crippen LogP contribution >= 0.6 is 0 Å². The molecule has 0 bridgehead atoms. The molecule has 7 heteroatoms. The van der Waals surface area contributed by atoms with E-state index < -0.39 is 12.0 Å². The van der Waals surface area contributed by atoms with Crippen LogP contribution in [0.5, 0.6) is 0 Å². The van der Waals surface area contributed by atoms with Gasteiger partial charge in [-0.3, -0.25) is 14.5 Å². The fraction of sp³-hybridized carbons (Fsp3) is 0.800. The number of carbonyl (C=O) groups excluding carboxylic acids is 2. The number of aliphatic carboxylic acids is 1. The van der Waals surface area contributed by atoms with Crippen LogP contribution in [-0.4, -0.2) is 70.4 Å². The van der Waals surface area contributed by atoms with Gasteiger partial charge in [-0.2, -0.15) is 0 Å². The monoisotopic (exact) mass is 449 g/mol. The normalized spacial score (nSPS) is 22.8. The Morgan fingerprint density at radius 1 is 1.03 bits per heavy atom. The molecule has 1 aliphatic heterocycles. The molecule has 0 radical (unpaired) electrons. The maximum atomic E-state index is 13.7. The van der Waals surface area contributed by atoms with Crippen molar-refractivity contribution in [2.45, 2.75) is 104 Å². The highest BCUT2D eigenvalue weighted by atomic mass is 16.4. The van der Waals surface area contributed by atoms with E-state index in [9.17, 15) is 19.5 Å². The average Bonchev–Trinajstić information content (AvgIpc) is 3.28. The summed E-state index contributed by atoms with van der Waals surface area (Å²) in [7, 11) is 1.73. The van der Waals surface area contributed by atoms with E-state index in [1.807, 2.05) is 13.8 Å². The Bertz CT molecular complexity index is 697. The average molecular weight is 450 g/mol. The minimum atomic E-state index is -0.983. The Labute approximate surface area is 193 Å². The van der Waals surface area contributed by atoms with Gasteiger partial charge >= 0.3 is 5.97 Å². The van der Waals surface area contributed by atoms with E-state index in [0.29, 0.717) is 0 Å². The number of nitrogens with one attached hydrogen (secondary N) is 1. The number of nitrogens with zero attached hydrogens (tertiary/aromatic N) is 2. The van der Waals surface area contributed by atoms with E-state index in [1.54, 1.807) is 24.9 Å². The van der Waals surface area contributed by atoms with Crippen LogP contribution in [0.4, 0.5) is 0 Å². The van der Waals surface area contributed by atoms with Crippen molar-refractivity contribution in [1.82, 2.24) is 15.1 Å². The maximum Gasteiger partial charge on any atom is 0.331 e. The number of carboxylic acid groups (broad SMARTS) is 1. The Morgan fingerprint density at radius 3 is 2.16 bits per heavy atom. The van der Waals surface area contributed by atoms with Crippen LogP contribution < -0.4 is 5.32 Å². The molecule has 182 valence electrons. The van der Waals surface area contributed by atoms with Gasteiger partial charge in [0.05, 0.1) is 12.1 Å². The summed E-state index contributed by atoms with van der Waals surface area (Å²) in [6.45, 7) is 10.6. The first-order chi connectivity index (χ1) is 15.0. The SMILES string of the molecule is CC(=C[C@H](C(C)C)N(C)C(=O)[C@@H](NC(=O)C1CCCCN1C(C)C)C1CCCC1)C(=O)O. The molecule has 7 nitrogen and oxygen atoms in total. The third-order valence-electron chi connectivity index (χ3n) is 7.18. The number of piperidine rings is 1. The van der Waals surface area contributed by atoms with Gasteiger partial charge in [-0.25, -0.2) is 4.79 Å². The second kappa shape index (κ2) is 11.8. The Morgan fingerprint density at radius 2 is 1.62 bits per heavy atom. The first-order valence-corrected chi connectivity index (χ1v) is 12.3. The smallest absolute Gasteiger partial charge is 0.331 e. The molecule has 1 aliphatic carbocycles. The first-order valence-electron chi connectivity index (χ1n) is 12.3. The molecule has 0 aromatic heterocycles. The number of rotatable bonds is 9. The summed E-state index contributed by atoms with van der Waals surface area (Å²) in [6, 6.07) is -0.823. The number of likely N-dealkylation sites (N-methyl/N-ethyl adjacent to an activating group) is 1. The minimum absolute atomic E-state index is 0.0459. The van der Waals surface area contributed by atoms with Gasteiger partial charge in [0.15, 0.2) is 0 Å². The van der Waals surface area contributed by atoms with E-state index in [0.717, 1.165) is 51.5 Å². The van der Waals surface area contributed by atoms with Gasteiger partial charge in [0.2, 0.25) is 11.8 Å². The van der Waals surface area contributed by atoms with E-state index >= 15 is 0 Å². The van der Waals surface area contributed by atoms with E-state index in [1.165, 1.54) is 0 Å².